The third-order valence-corrected chi connectivity index (χ3v) is 10.6. The van der Waals surface area contributed by atoms with Crippen LogP contribution in [-0.2, 0) is 0 Å². The monoisotopic (exact) mass is 699 g/mol. The van der Waals surface area contributed by atoms with Crippen LogP contribution < -0.4 is 0 Å². The highest BCUT2D eigenvalue weighted by atomic mass is 15.2. The predicted octanol–water partition coefficient (Wildman–Crippen LogP) is 9.96. The van der Waals surface area contributed by atoms with E-state index in [0.29, 0.717) is 34.1 Å². The van der Waals surface area contributed by atoms with E-state index in [2.05, 4.69) is 113 Å². The van der Waals surface area contributed by atoms with Crippen LogP contribution in [0.15, 0.2) is 151 Å². The van der Waals surface area contributed by atoms with Crippen molar-refractivity contribution in [3.8, 4) is 17.3 Å². The van der Waals surface area contributed by atoms with E-state index in [1.807, 2.05) is 36.4 Å². The number of para-hydroxylation sites is 2. The van der Waals surface area contributed by atoms with E-state index < -0.39 is 5.82 Å². The van der Waals surface area contributed by atoms with Crippen molar-refractivity contribution in [3.63, 3.8) is 0 Å². The summed E-state index contributed by atoms with van der Waals surface area (Å²) < 4.78 is 4.63. The first-order chi connectivity index (χ1) is 26.9. The molecule has 1 aliphatic rings. The maximum Gasteiger partial charge on any atom is 0.238 e. The maximum absolute atomic E-state index is 6.61. The molecule has 0 N–H and O–H groups in total. The molecule has 0 aliphatic heterocycles. The summed E-state index contributed by atoms with van der Waals surface area (Å²) in [6.45, 7) is 3.88. The zero-order valence-electron chi connectivity index (χ0n) is 30.4. The van der Waals surface area contributed by atoms with Gasteiger partial charge in [0.2, 0.25) is 5.95 Å². The van der Waals surface area contributed by atoms with E-state index in [1.165, 1.54) is 16.8 Å². The molecular weight excluding hydrogens is 666 g/mol. The van der Waals surface area contributed by atoms with Gasteiger partial charge in [0.25, 0.3) is 0 Å². The zero-order chi connectivity index (χ0) is 37.6. The second kappa shape index (κ2) is 14.3. The Kier molecular flexibility index (Phi) is 9.01. The molecule has 1 aliphatic carbocycles. The largest absolute Gasteiger partial charge is 0.312 e. The fraction of sp³-hybridized carbons (Fsp3) is 0.109. The zero-order valence-corrected chi connectivity index (χ0v) is 30.4. The Morgan fingerprint density at radius 3 is 2.05 bits per heavy atom. The van der Waals surface area contributed by atoms with Gasteiger partial charge >= 0.3 is 0 Å². The Labute approximate surface area is 325 Å². The topological polar surface area (TPSA) is 48.5 Å². The van der Waals surface area contributed by atoms with E-state index in [9.17, 15) is 0 Å². The molecule has 3 aromatic heterocycles. The number of hydrogen-bond donors (Lipinski definition) is 0. The summed E-state index contributed by atoms with van der Waals surface area (Å²) in [5, 5.41) is 4.43. The molecule has 0 saturated heterocycles. The second-order valence-corrected chi connectivity index (χ2v) is 14.0. The summed E-state index contributed by atoms with van der Waals surface area (Å²) in [7, 11) is 25.3. The Bertz CT molecular complexity index is 2890. The predicted molar refractivity (Wildman–Crippen MR) is 233 cm³/mol. The molecule has 0 fully saturated rings. The summed E-state index contributed by atoms with van der Waals surface area (Å²) in [6.07, 6.45) is 6.75. The molecule has 1 atom stereocenters. The van der Waals surface area contributed by atoms with E-state index in [-0.39, 0.29) is 12.7 Å². The fourth-order valence-corrected chi connectivity index (χ4v) is 7.93. The van der Waals surface area contributed by atoms with Crippen molar-refractivity contribution in [2.45, 2.75) is 31.4 Å². The van der Waals surface area contributed by atoms with E-state index in [1.54, 1.807) is 0 Å². The van der Waals surface area contributed by atoms with Crippen LogP contribution in [0.25, 0.3) is 77.8 Å². The van der Waals surface area contributed by atoms with Crippen molar-refractivity contribution < 1.29 is 0 Å². The molecule has 1 unspecified atom stereocenters. The Morgan fingerprint density at radius 2 is 1.35 bits per heavy atom. The van der Waals surface area contributed by atoms with Crippen molar-refractivity contribution in [1.82, 2.24) is 24.1 Å². The summed E-state index contributed by atoms with van der Waals surface area (Å²) in [5.41, 5.74) is 10.1. The van der Waals surface area contributed by atoms with Gasteiger partial charge in [-0.3, -0.25) is 4.57 Å². The number of rotatable bonds is 9. The van der Waals surface area contributed by atoms with Crippen molar-refractivity contribution >= 4 is 91.8 Å². The molecule has 0 saturated carbocycles. The van der Waals surface area contributed by atoms with Gasteiger partial charge in [0, 0.05) is 38.4 Å². The molecule has 254 valence electrons. The van der Waals surface area contributed by atoms with Crippen molar-refractivity contribution in [3.05, 3.63) is 162 Å². The summed E-state index contributed by atoms with van der Waals surface area (Å²) >= 11 is 0. The molecule has 3 heterocycles. The number of nitrogens with zero attached hydrogens (tertiary/aromatic N) is 5. The third-order valence-electron chi connectivity index (χ3n) is 10.6. The number of benzene rings is 5. The lowest BCUT2D eigenvalue weighted by molar-refractivity contribution is 0.913. The van der Waals surface area contributed by atoms with Crippen LogP contribution in [0.5, 0.6) is 0 Å². The number of hydrogen-bond acceptors (Lipinski definition) is 3. The Balaban J connectivity index is 1.41. The first-order valence-corrected chi connectivity index (χ1v) is 18.5. The van der Waals surface area contributed by atoms with Crippen molar-refractivity contribution in [2.24, 2.45) is 0 Å². The lowest BCUT2D eigenvalue weighted by atomic mass is 9.67. The average Bonchev–Trinajstić information content (AvgIpc) is 3.76. The molecule has 5 aromatic carbocycles. The first-order valence-electron chi connectivity index (χ1n) is 18.5. The number of fused-ring (bicyclic) bond motifs is 7. The molecule has 8 radical (unpaired) electrons. The quantitative estimate of drug-likeness (QED) is 0.141. The highest BCUT2D eigenvalue weighted by molar-refractivity contribution is 6.32. The molecule has 55 heavy (non-hydrogen) atoms. The van der Waals surface area contributed by atoms with E-state index in [4.69, 9.17) is 46.3 Å². The Morgan fingerprint density at radius 1 is 0.691 bits per heavy atom. The van der Waals surface area contributed by atoms with Gasteiger partial charge in [-0.05, 0) is 48.6 Å². The number of allylic oxidation sites excluding steroid dienone is 7. The Hall–Kier alpha value is -6.07. The standard InChI is InChI=1S/C46H33B4N5/c1-28(48)36(49)26-35(37(50)27-47)45-51-44(30-16-6-3-7-17-30)52-46(53-45)55-39-22-12-9-19-32(39)33-24-25-41-42(43(33)55)34-20-10-13-23-40(34)54(41)38-21-11-8-18-31(38)29-14-4-2-5-15-29/h2-10,12-20,22-25,36H,1,11,21,26-27H2/b37-35-. The van der Waals surface area contributed by atoms with Gasteiger partial charge in [0.15, 0.2) is 11.6 Å². The van der Waals surface area contributed by atoms with Crippen molar-refractivity contribution in [2.75, 3.05) is 0 Å². The van der Waals surface area contributed by atoms with Gasteiger partial charge in [-0.2, -0.15) is 9.97 Å². The van der Waals surface area contributed by atoms with Crippen LogP contribution in [0.2, 0.25) is 12.1 Å². The van der Waals surface area contributed by atoms with E-state index in [0.717, 1.165) is 62.0 Å². The van der Waals surface area contributed by atoms with Crippen LogP contribution in [0, 0.1) is 0 Å². The summed E-state index contributed by atoms with van der Waals surface area (Å²) in [6, 6.07) is 42.1. The first kappa shape index (κ1) is 34.7. The van der Waals surface area contributed by atoms with Crippen LogP contribution in [0.4, 0.5) is 0 Å². The average molecular weight is 699 g/mol. The molecule has 0 spiro atoms. The smallest absolute Gasteiger partial charge is 0.238 e. The summed E-state index contributed by atoms with van der Waals surface area (Å²) in [5.74, 6) is 0.752. The summed E-state index contributed by atoms with van der Waals surface area (Å²) in [4.78, 5) is 15.4. The minimum Gasteiger partial charge on any atom is -0.312 e. The molecule has 9 heteroatoms. The highest BCUT2D eigenvalue weighted by Crippen LogP contribution is 2.44. The van der Waals surface area contributed by atoms with Crippen LogP contribution in [0.3, 0.4) is 0 Å². The molecular formula is C46H33B4N5. The normalized spacial score (nSPS) is 14.3. The third kappa shape index (κ3) is 5.99. The number of aromatic nitrogens is 5. The lowest BCUT2D eigenvalue weighted by Crippen LogP contribution is -2.11. The molecule has 9 rings (SSSR count). The van der Waals surface area contributed by atoms with E-state index >= 15 is 0 Å². The van der Waals surface area contributed by atoms with Gasteiger partial charge in [-0.25, -0.2) is 4.98 Å². The van der Waals surface area contributed by atoms with Crippen LogP contribution in [-0.4, -0.2) is 55.5 Å². The minimum absolute atomic E-state index is 0.0896. The molecule has 0 amide bonds. The van der Waals surface area contributed by atoms with Crippen LogP contribution >= 0.6 is 0 Å². The maximum atomic E-state index is 6.61. The SMILES string of the molecule is [B]C/C([B])=C(\CC([B])C([B])=C)c1nc(-c2ccccc2)nc(-n2c3ccccc3c3ccc4c(c5ccccc5n4C4=C(c5ccccc5)C=CCC4)c32)n1. The second-order valence-electron chi connectivity index (χ2n) is 14.0. The lowest BCUT2D eigenvalue weighted by Gasteiger charge is -2.20. The highest BCUT2D eigenvalue weighted by Gasteiger charge is 2.25. The molecule has 0 bridgehead atoms. The van der Waals surface area contributed by atoms with Gasteiger partial charge in [-0.15, -0.1) is 17.5 Å². The molecule has 5 nitrogen and oxygen atoms in total. The van der Waals surface area contributed by atoms with Crippen molar-refractivity contribution in [1.29, 1.82) is 0 Å². The molecule has 8 aromatic rings. The van der Waals surface area contributed by atoms with Gasteiger partial charge < -0.3 is 4.57 Å². The van der Waals surface area contributed by atoms with Gasteiger partial charge in [-0.1, -0.05) is 127 Å². The van der Waals surface area contributed by atoms with Gasteiger partial charge in [0.05, 0.1) is 37.8 Å². The minimum atomic E-state index is -0.579. The van der Waals surface area contributed by atoms with Crippen LogP contribution in [0.1, 0.15) is 30.7 Å². The van der Waals surface area contributed by atoms with Gasteiger partial charge in [0.1, 0.15) is 15.7 Å². The fourth-order valence-electron chi connectivity index (χ4n) is 7.93.